The Morgan fingerprint density at radius 1 is 0.423 bits per heavy atom. The van der Waals surface area contributed by atoms with Gasteiger partial charge in [-0.1, -0.05) is 240 Å². The van der Waals surface area contributed by atoms with Crippen LogP contribution in [-0.4, -0.2) is 155 Å². The van der Waals surface area contributed by atoms with E-state index in [9.17, 15) is 26.4 Å². The number of carbonyl (C=O) groups is 2. The highest BCUT2D eigenvalue weighted by atomic mass is 32.2. The molecule has 15 rings (SSSR count). The van der Waals surface area contributed by atoms with E-state index in [0.29, 0.717) is 24.3 Å². The molecule has 606 valence electrons. The van der Waals surface area contributed by atoms with Gasteiger partial charge in [0.1, 0.15) is 0 Å². The number of likely N-dealkylation sites (tertiary alicyclic amines) is 3. The largest absolute Gasteiger partial charge is 0.341 e. The van der Waals surface area contributed by atoms with E-state index < -0.39 is 20.2 Å². The van der Waals surface area contributed by atoms with Gasteiger partial charge in [0, 0.05) is 58.5 Å². The Hall–Kier alpha value is -6.66. The molecule has 6 aromatic carbocycles. The fourth-order valence-corrected chi connectivity index (χ4v) is 20.5. The molecule has 0 aromatic heterocycles. The summed E-state index contributed by atoms with van der Waals surface area (Å²) in [5.41, 5.74) is 22.0. The van der Waals surface area contributed by atoms with Crippen LogP contribution in [0, 0.1) is 17.8 Å². The Labute approximate surface area is 671 Å². The molecular weight excluding hydrogens is 1420 g/mol. The minimum Gasteiger partial charge on any atom is -0.341 e. The number of nitrogens with zero attached hydrogens (tertiary/aromatic N) is 4. The van der Waals surface area contributed by atoms with E-state index in [1.807, 2.05) is 51.8 Å². The zero-order valence-electron chi connectivity index (χ0n) is 71.3. The highest BCUT2D eigenvalue weighted by Crippen LogP contribution is 2.53. The topological polar surface area (TPSA) is 168 Å². The fourth-order valence-electron chi connectivity index (χ4n) is 20.5. The maximum atomic E-state index is 12.2. The van der Waals surface area contributed by atoms with Crippen LogP contribution >= 0.6 is 0 Å². The van der Waals surface area contributed by atoms with Crippen LogP contribution in [0.2, 0.25) is 0 Å². The van der Waals surface area contributed by atoms with Crippen LogP contribution in [0.4, 0.5) is 0 Å². The first-order valence-electron chi connectivity index (χ1n) is 41.3. The number of allylic oxidation sites excluding steroid dienone is 6. The summed E-state index contributed by atoms with van der Waals surface area (Å²) in [4.78, 5) is 33.8. The first kappa shape index (κ1) is 89.9. The van der Waals surface area contributed by atoms with Gasteiger partial charge in [0.2, 0.25) is 5.91 Å². The molecule has 9 aliphatic rings. The molecule has 13 nitrogen and oxygen atoms in total. The number of piperidine rings is 3. The van der Waals surface area contributed by atoms with Crippen LogP contribution in [0.25, 0.3) is 16.7 Å². The van der Waals surface area contributed by atoms with Crippen molar-refractivity contribution in [3.63, 3.8) is 0 Å². The second-order valence-corrected chi connectivity index (χ2v) is 38.7. The second kappa shape index (κ2) is 38.2. The highest BCUT2D eigenvalue weighted by Gasteiger charge is 2.54. The van der Waals surface area contributed by atoms with E-state index >= 15 is 0 Å². The molecule has 111 heavy (non-hydrogen) atoms. The van der Waals surface area contributed by atoms with Gasteiger partial charge in [-0.05, 0) is 272 Å². The van der Waals surface area contributed by atoms with Gasteiger partial charge < -0.3 is 24.9 Å². The Bertz CT molecular complexity index is 4090. The summed E-state index contributed by atoms with van der Waals surface area (Å²) in [5, 5.41) is 3.49. The zero-order valence-corrected chi connectivity index (χ0v) is 72.9. The quantitative estimate of drug-likeness (QED) is 0.105. The van der Waals surface area contributed by atoms with Crippen molar-refractivity contribution in [2.45, 2.75) is 232 Å². The molecule has 15 heteroatoms. The van der Waals surface area contributed by atoms with Gasteiger partial charge in [0.25, 0.3) is 20.2 Å². The maximum absolute atomic E-state index is 12.2. The first-order valence-corrected chi connectivity index (χ1v) is 45.0. The standard InChI is InChI=1S/3C17H23N.C16H23NO.C14H21N.C13H16O.2CH4O3S/c3*1-2-11-18-12-9-15(10-13-18)17-8-7-14-5-3-4-6-16(14)17;1-11(18)17(6)14-15(2,3)12-9-7-8-10-13(12)16(14,4)5;1-13(2)10-8-6-7-9-11(10)14(3,4)12(13)15-5;1-12(2)9-7-5-6-8-10(9)13(3,4)11(12)14;2*1-5(2,3)4/h3*3-6,8,15H,2,7,9-13H2,1H3;7-10,14H,1-6H3;6-9,12,15H,1-5H3;5-8H,1-4H3;2*1H3,(H,2,3,4). The average molecular weight is 1550 g/mol. The summed E-state index contributed by atoms with van der Waals surface area (Å²) in [6.45, 7) is 46.4. The van der Waals surface area contributed by atoms with E-state index in [0.717, 1.165) is 37.0 Å². The lowest BCUT2D eigenvalue weighted by molar-refractivity contribution is -0.132. The Morgan fingerprint density at radius 2 is 0.658 bits per heavy atom. The number of carbonyl (C=O) groups excluding carboxylic acids is 2. The van der Waals surface area contributed by atoms with Gasteiger partial charge in [0.05, 0.1) is 12.5 Å². The molecule has 0 radical (unpaired) electrons. The van der Waals surface area contributed by atoms with Crippen LogP contribution in [0.3, 0.4) is 0 Å². The lowest BCUT2D eigenvalue weighted by Crippen LogP contribution is -2.52. The maximum Gasteiger partial charge on any atom is 0.261 e. The minimum atomic E-state index is -3.67. The van der Waals surface area contributed by atoms with Gasteiger partial charge in [-0.25, -0.2) is 0 Å². The molecule has 0 saturated carbocycles. The SMILES string of the molecule is CC(=O)N(C)C1C(C)(C)c2ccccc2C1(C)C.CC1(C)C(=O)C(C)(C)c2ccccc21.CCCN1CCC(C2=CCc3ccccc32)CC1.CCCN1CCC(C2=CCc3ccccc32)CC1.CCCN1CCC(C2=CCc3ccccc32)CC1.CNC1C(C)(C)c2ccccc2C1(C)C.CS(=O)(=O)O.CS(=O)(=O)O. The average Bonchev–Trinajstić information content (AvgIpc) is 1.58. The fraction of sp³-hybridized carbons (Fsp3) is 0.542. The molecule has 6 aliphatic carbocycles. The number of benzene rings is 6. The van der Waals surface area contributed by atoms with Gasteiger partial charge in [-0.15, -0.1) is 0 Å². The van der Waals surface area contributed by atoms with Crippen LogP contribution in [0.15, 0.2) is 164 Å². The predicted molar refractivity (Wildman–Crippen MR) is 465 cm³/mol. The van der Waals surface area contributed by atoms with Crippen molar-refractivity contribution in [1.82, 2.24) is 24.9 Å². The first-order chi connectivity index (χ1) is 52.1. The molecule has 0 unspecified atom stereocenters. The molecule has 0 atom stereocenters. The minimum absolute atomic E-state index is 0.0134. The molecule has 6 aromatic rings. The second-order valence-electron chi connectivity index (χ2n) is 35.7. The highest BCUT2D eigenvalue weighted by molar-refractivity contribution is 7.85. The molecule has 3 aliphatic heterocycles. The van der Waals surface area contributed by atoms with Crippen molar-refractivity contribution < 1.29 is 35.5 Å². The zero-order chi connectivity index (χ0) is 81.7. The summed E-state index contributed by atoms with van der Waals surface area (Å²) >= 11 is 0. The van der Waals surface area contributed by atoms with E-state index in [4.69, 9.17) is 9.11 Å². The van der Waals surface area contributed by atoms with Crippen molar-refractivity contribution in [1.29, 1.82) is 0 Å². The van der Waals surface area contributed by atoms with Crippen molar-refractivity contribution >= 4 is 48.6 Å². The lowest BCUT2D eigenvalue weighted by atomic mass is 9.75. The number of amides is 1. The predicted octanol–water partition coefficient (Wildman–Crippen LogP) is 19.0. The number of Topliss-reactive ketones (excluding diaryl/α,β-unsaturated/α-hetero) is 1. The summed E-state index contributed by atoms with van der Waals surface area (Å²) in [6.07, 6.45) is 24.3. The molecule has 3 heterocycles. The summed E-state index contributed by atoms with van der Waals surface area (Å²) in [6, 6.07) is 53.1. The molecule has 1 amide bonds. The number of fused-ring (bicyclic) bond motifs is 6. The Kier molecular flexibility index (Phi) is 30.9. The van der Waals surface area contributed by atoms with Gasteiger partial charge >= 0.3 is 0 Å². The van der Waals surface area contributed by atoms with E-state index in [-0.39, 0.29) is 44.4 Å². The van der Waals surface area contributed by atoms with Crippen molar-refractivity contribution in [2.75, 3.05) is 85.5 Å². The normalized spacial score (nSPS) is 20.4. The molecule has 3 N–H and O–H groups in total. The molecular formula is C96H137N5O8S2. The van der Waals surface area contributed by atoms with Gasteiger partial charge in [0.15, 0.2) is 5.78 Å². The van der Waals surface area contributed by atoms with Crippen LogP contribution in [0.1, 0.15) is 235 Å². The van der Waals surface area contributed by atoms with Crippen LogP contribution in [-0.2, 0) is 81.6 Å². The number of rotatable bonds is 11. The number of ketones is 1. The molecule has 3 saturated heterocycles. The smallest absolute Gasteiger partial charge is 0.261 e. The summed E-state index contributed by atoms with van der Waals surface area (Å²) in [7, 11) is -3.34. The Morgan fingerprint density at radius 3 is 0.901 bits per heavy atom. The third-order valence-corrected chi connectivity index (χ3v) is 25.3. The molecule has 0 spiro atoms. The number of hydrogen-bond acceptors (Lipinski definition) is 10. The number of hydrogen-bond donors (Lipinski definition) is 3. The van der Waals surface area contributed by atoms with Gasteiger partial charge in [-0.3, -0.25) is 18.7 Å². The molecule has 3 fully saturated rings. The number of nitrogens with one attached hydrogen (secondary N) is 1. The van der Waals surface area contributed by atoms with Crippen molar-refractivity contribution in [2.24, 2.45) is 17.8 Å². The van der Waals surface area contributed by atoms with E-state index in [1.165, 1.54) is 183 Å². The third kappa shape index (κ3) is 22.1. The number of likely N-dealkylation sites (N-methyl/N-ethyl adjacent to an activating group) is 2. The van der Waals surface area contributed by atoms with Crippen molar-refractivity contribution in [3.8, 4) is 0 Å². The van der Waals surface area contributed by atoms with Crippen LogP contribution < -0.4 is 5.32 Å². The lowest BCUT2D eigenvalue weighted by Gasteiger charge is -2.42. The Balaban J connectivity index is 0.000000163. The van der Waals surface area contributed by atoms with E-state index in [1.54, 1.807) is 23.6 Å². The monoisotopic (exact) mass is 1550 g/mol. The summed E-state index contributed by atoms with van der Waals surface area (Å²) in [5.74, 6) is 2.88. The van der Waals surface area contributed by atoms with E-state index in [2.05, 4.69) is 255 Å². The molecule has 0 bridgehead atoms. The third-order valence-electron chi connectivity index (χ3n) is 25.3. The van der Waals surface area contributed by atoms with Gasteiger partial charge in [-0.2, -0.15) is 16.8 Å². The summed E-state index contributed by atoms with van der Waals surface area (Å²) < 4.78 is 51.7. The van der Waals surface area contributed by atoms with Crippen LogP contribution in [0.5, 0.6) is 0 Å². The van der Waals surface area contributed by atoms with Crippen molar-refractivity contribution in [3.05, 3.63) is 231 Å².